The molecule has 1 atom stereocenters. The summed E-state index contributed by atoms with van der Waals surface area (Å²) >= 11 is 0. The summed E-state index contributed by atoms with van der Waals surface area (Å²) in [7, 11) is 1.40. The number of aliphatic hydroxyl groups excluding tert-OH is 1. The van der Waals surface area contributed by atoms with Crippen LogP contribution in [0, 0.1) is 5.41 Å². The third kappa shape index (κ3) is 3.73. The van der Waals surface area contributed by atoms with Crippen LogP contribution in [0.1, 0.15) is 37.7 Å². The topological polar surface area (TPSA) is 55.8 Å². The fourth-order valence-corrected chi connectivity index (χ4v) is 2.11. The van der Waals surface area contributed by atoms with Crippen molar-refractivity contribution in [3.05, 3.63) is 29.8 Å². The molecule has 0 heterocycles. The maximum Gasteiger partial charge on any atom is 0.306 e. The second-order valence-electron chi connectivity index (χ2n) is 5.70. The molecule has 0 saturated heterocycles. The lowest BCUT2D eigenvalue weighted by Gasteiger charge is -2.15. The van der Waals surface area contributed by atoms with Gasteiger partial charge in [0.1, 0.15) is 5.75 Å². The Kier molecular flexibility index (Phi) is 4.65. The summed E-state index contributed by atoms with van der Waals surface area (Å²) in [6.45, 7) is 2.76. The number of benzene rings is 1. The van der Waals surface area contributed by atoms with Crippen LogP contribution >= 0.6 is 0 Å². The lowest BCUT2D eigenvalue weighted by molar-refractivity contribution is -0.140. The fourth-order valence-electron chi connectivity index (χ4n) is 2.11. The molecule has 1 fully saturated rings. The number of carbonyl (C=O) groups excluding carboxylic acids is 1. The van der Waals surface area contributed by atoms with Crippen LogP contribution in [0.5, 0.6) is 5.75 Å². The van der Waals surface area contributed by atoms with E-state index in [1.165, 1.54) is 7.11 Å². The van der Waals surface area contributed by atoms with Crippen LogP contribution < -0.4 is 4.74 Å². The molecule has 0 bridgehead atoms. The molecule has 0 radical (unpaired) electrons. The summed E-state index contributed by atoms with van der Waals surface area (Å²) in [5.41, 5.74) is 1.09. The number of hydrogen-bond acceptors (Lipinski definition) is 4. The number of aliphatic hydroxyl groups is 1. The molecular formula is C16H22O4. The van der Waals surface area contributed by atoms with Gasteiger partial charge >= 0.3 is 5.97 Å². The molecule has 0 amide bonds. The molecule has 1 aromatic rings. The van der Waals surface area contributed by atoms with Crippen LogP contribution in [-0.2, 0) is 9.53 Å². The van der Waals surface area contributed by atoms with E-state index < -0.39 is 0 Å². The first-order valence-corrected chi connectivity index (χ1v) is 6.99. The molecule has 1 aliphatic carbocycles. The highest BCUT2D eigenvalue weighted by atomic mass is 16.5. The van der Waals surface area contributed by atoms with Crippen LogP contribution in [0.25, 0.3) is 0 Å². The maximum absolute atomic E-state index is 11.2. The zero-order valence-corrected chi connectivity index (χ0v) is 12.1. The van der Waals surface area contributed by atoms with E-state index in [2.05, 4.69) is 4.74 Å². The molecule has 1 N–H and O–H groups in total. The lowest BCUT2D eigenvalue weighted by Crippen LogP contribution is -2.17. The van der Waals surface area contributed by atoms with Gasteiger partial charge in [0.15, 0.2) is 0 Å². The molecule has 110 valence electrons. The maximum atomic E-state index is 11.2. The molecule has 1 aliphatic rings. The number of hydrogen-bond donors (Lipinski definition) is 1. The third-order valence-corrected chi connectivity index (χ3v) is 3.99. The molecule has 0 aliphatic heterocycles. The van der Waals surface area contributed by atoms with Crippen molar-refractivity contribution in [3.8, 4) is 5.75 Å². The van der Waals surface area contributed by atoms with Gasteiger partial charge in [-0.3, -0.25) is 4.79 Å². The van der Waals surface area contributed by atoms with Crippen molar-refractivity contribution < 1.29 is 19.4 Å². The minimum atomic E-state index is -0.198. The smallest absolute Gasteiger partial charge is 0.306 e. The van der Waals surface area contributed by atoms with E-state index in [1.54, 1.807) is 0 Å². The second-order valence-corrected chi connectivity index (χ2v) is 5.70. The number of esters is 1. The minimum absolute atomic E-state index is 0.00313. The van der Waals surface area contributed by atoms with E-state index in [-0.39, 0.29) is 23.9 Å². The number of ether oxygens (including phenoxy) is 2. The Balaban J connectivity index is 1.87. The van der Waals surface area contributed by atoms with Crippen LogP contribution in [0.2, 0.25) is 0 Å². The van der Waals surface area contributed by atoms with Crippen LogP contribution in [-0.4, -0.2) is 31.4 Å². The minimum Gasteiger partial charge on any atom is -0.493 e. The van der Waals surface area contributed by atoms with Crippen LogP contribution in [0.15, 0.2) is 24.3 Å². The average molecular weight is 278 g/mol. The van der Waals surface area contributed by atoms with Crippen molar-refractivity contribution in [2.75, 3.05) is 20.3 Å². The number of rotatable bonds is 7. The summed E-state index contributed by atoms with van der Waals surface area (Å²) < 4.78 is 10.4. The van der Waals surface area contributed by atoms with Gasteiger partial charge in [0.05, 0.1) is 26.7 Å². The van der Waals surface area contributed by atoms with E-state index >= 15 is 0 Å². The Morgan fingerprint density at radius 2 is 2.00 bits per heavy atom. The summed E-state index contributed by atoms with van der Waals surface area (Å²) in [6.07, 6.45) is 2.46. The molecule has 0 aromatic heterocycles. The van der Waals surface area contributed by atoms with Gasteiger partial charge in [-0.2, -0.15) is 0 Å². The van der Waals surface area contributed by atoms with Crippen molar-refractivity contribution in [1.82, 2.24) is 0 Å². The number of methoxy groups -OCH3 is 1. The van der Waals surface area contributed by atoms with Crippen molar-refractivity contribution in [2.24, 2.45) is 5.41 Å². The van der Waals surface area contributed by atoms with Crippen molar-refractivity contribution in [1.29, 1.82) is 0 Å². The monoisotopic (exact) mass is 278 g/mol. The van der Waals surface area contributed by atoms with Gasteiger partial charge in [-0.05, 0) is 36.5 Å². The van der Waals surface area contributed by atoms with E-state index in [1.807, 2.05) is 31.2 Å². The molecule has 20 heavy (non-hydrogen) atoms. The Hall–Kier alpha value is -1.55. The summed E-state index contributed by atoms with van der Waals surface area (Å²) in [4.78, 5) is 11.2. The van der Waals surface area contributed by atoms with Gasteiger partial charge in [0.25, 0.3) is 0 Å². The predicted octanol–water partition coefficient (Wildman–Crippen LogP) is 2.50. The third-order valence-electron chi connectivity index (χ3n) is 3.99. The first-order valence-electron chi connectivity index (χ1n) is 6.99. The Bertz CT molecular complexity index is 448. The Morgan fingerprint density at radius 1 is 1.35 bits per heavy atom. The highest BCUT2D eigenvalue weighted by Crippen LogP contribution is 2.45. The summed E-state index contributed by atoms with van der Waals surface area (Å²) in [5, 5.41) is 9.23. The average Bonchev–Trinajstić information content (AvgIpc) is 3.26. The second kappa shape index (κ2) is 6.27. The molecule has 1 unspecified atom stereocenters. The molecular weight excluding hydrogens is 256 g/mol. The van der Waals surface area contributed by atoms with E-state index in [9.17, 15) is 9.90 Å². The van der Waals surface area contributed by atoms with E-state index in [0.29, 0.717) is 13.0 Å². The van der Waals surface area contributed by atoms with Gasteiger partial charge in [0, 0.05) is 5.41 Å². The summed E-state index contributed by atoms with van der Waals surface area (Å²) in [6, 6.07) is 7.77. The molecule has 1 aromatic carbocycles. The highest BCUT2D eigenvalue weighted by Gasteiger charge is 2.42. The Morgan fingerprint density at radius 3 is 2.50 bits per heavy atom. The van der Waals surface area contributed by atoms with Crippen LogP contribution in [0.4, 0.5) is 0 Å². The zero-order chi connectivity index (χ0) is 14.6. The van der Waals surface area contributed by atoms with Crippen molar-refractivity contribution >= 4 is 5.97 Å². The lowest BCUT2D eigenvalue weighted by atomic mass is 9.98. The van der Waals surface area contributed by atoms with Crippen molar-refractivity contribution in [2.45, 2.75) is 32.1 Å². The van der Waals surface area contributed by atoms with Gasteiger partial charge in [-0.25, -0.2) is 0 Å². The van der Waals surface area contributed by atoms with Gasteiger partial charge < -0.3 is 14.6 Å². The summed E-state index contributed by atoms with van der Waals surface area (Å²) in [5.74, 6) is 0.735. The Labute approximate surface area is 119 Å². The number of carbonyl (C=O) groups is 1. The van der Waals surface area contributed by atoms with E-state index in [0.717, 1.165) is 24.2 Å². The molecule has 0 spiro atoms. The normalized spacial score (nSPS) is 17.4. The van der Waals surface area contributed by atoms with Crippen molar-refractivity contribution in [3.63, 3.8) is 0 Å². The quantitative estimate of drug-likeness (QED) is 0.779. The SMILES string of the molecule is COC(=O)CC(C)c1ccc(OCC2(CO)CC2)cc1. The standard InChI is InChI=1S/C16H22O4/c1-12(9-15(18)19-2)13-3-5-14(6-4-13)20-11-16(10-17)7-8-16/h3-6,12,17H,7-11H2,1-2H3. The van der Waals surface area contributed by atoms with Gasteiger partial charge in [0.2, 0.25) is 0 Å². The molecule has 4 nitrogen and oxygen atoms in total. The van der Waals surface area contributed by atoms with E-state index in [4.69, 9.17) is 4.74 Å². The van der Waals surface area contributed by atoms with Gasteiger partial charge in [-0.1, -0.05) is 19.1 Å². The largest absolute Gasteiger partial charge is 0.493 e. The van der Waals surface area contributed by atoms with Crippen LogP contribution in [0.3, 0.4) is 0 Å². The molecule has 2 rings (SSSR count). The van der Waals surface area contributed by atoms with Gasteiger partial charge in [-0.15, -0.1) is 0 Å². The molecule has 4 heteroatoms. The first kappa shape index (κ1) is 14.9. The fraction of sp³-hybridized carbons (Fsp3) is 0.562. The predicted molar refractivity (Wildman–Crippen MR) is 75.7 cm³/mol. The molecule has 1 saturated carbocycles. The zero-order valence-electron chi connectivity index (χ0n) is 12.1. The highest BCUT2D eigenvalue weighted by molar-refractivity contribution is 5.70. The first-order chi connectivity index (χ1) is 9.58.